The highest BCUT2D eigenvalue weighted by Crippen LogP contribution is 2.09. The Hall–Kier alpha value is -2.41. The van der Waals surface area contributed by atoms with E-state index in [1.807, 2.05) is 0 Å². The molecular weight excluding hydrogens is 236 g/mol. The first-order chi connectivity index (χ1) is 8.54. The van der Waals surface area contributed by atoms with Gasteiger partial charge in [-0.2, -0.15) is 0 Å². The lowest BCUT2D eigenvalue weighted by Crippen LogP contribution is -2.38. The smallest absolute Gasteiger partial charge is 0.313 e. The van der Waals surface area contributed by atoms with Crippen LogP contribution >= 0.6 is 0 Å². The minimum absolute atomic E-state index is 0.216. The number of nitrogens with two attached hydrogens (primary N) is 2. The van der Waals surface area contributed by atoms with Crippen molar-refractivity contribution in [3.05, 3.63) is 29.8 Å². The number of nitrogens with one attached hydrogen (secondary N) is 2. The lowest BCUT2D eigenvalue weighted by molar-refractivity contribution is -0.136. The Labute approximate surface area is 104 Å². The van der Waals surface area contributed by atoms with Gasteiger partial charge in [-0.3, -0.25) is 14.4 Å². The van der Waals surface area contributed by atoms with Crippen molar-refractivity contribution in [2.24, 2.45) is 11.5 Å². The van der Waals surface area contributed by atoms with E-state index in [1.54, 1.807) is 12.1 Å². The molecule has 1 rings (SSSR count). The zero-order chi connectivity index (χ0) is 13.5. The van der Waals surface area contributed by atoms with Crippen LogP contribution in [0.15, 0.2) is 24.3 Å². The van der Waals surface area contributed by atoms with Gasteiger partial charge < -0.3 is 22.1 Å². The van der Waals surface area contributed by atoms with E-state index in [0.29, 0.717) is 5.69 Å². The van der Waals surface area contributed by atoms with Crippen LogP contribution in [0, 0.1) is 0 Å². The van der Waals surface area contributed by atoms with Gasteiger partial charge in [0.05, 0.1) is 0 Å². The number of carbonyl (C=O) groups excluding carboxylic acids is 3. The maximum atomic E-state index is 11.4. The summed E-state index contributed by atoms with van der Waals surface area (Å²) >= 11 is 0. The number of carbonyl (C=O) groups is 3. The zero-order valence-electron chi connectivity index (χ0n) is 9.60. The average molecular weight is 250 g/mol. The van der Waals surface area contributed by atoms with Crippen molar-refractivity contribution in [2.75, 3.05) is 18.4 Å². The lowest BCUT2D eigenvalue weighted by Gasteiger charge is -2.06. The van der Waals surface area contributed by atoms with Crippen molar-refractivity contribution in [1.82, 2.24) is 5.32 Å². The van der Waals surface area contributed by atoms with Crippen molar-refractivity contribution in [3.8, 4) is 0 Å². The summed E-state index contributed by atoms with van der Waals surface area (Å²) < 4.78 is 0. The molecule has 3 amide bonds. The Morgan fingerprint density at radius 1 is 1.17 bits per heavy atom. The Morgan fingerprint density at radius 3 is 2.50 bits per heavy atom. The van der Waals surface area contributed by atoms with E-state index >= 15 is 0 Å². The summed E-state index contributed by atoms with van der Waals surface area (Å²) in [4.78, 5) is 33.6. The van der Waals surface area contributed by atoms with Gasteiger partial charge in [-0.05, 0) is 18.2 Å². The maximum Gasteiger partial charge on any atom is 0.313 e. The molecule has 0 bridgehead atoms. The van der Waals surface area contributed by atoms with Gasteiger partial charge in [-0.15, -0.1) is 0 Å². The fraction of sp³-hybridized carbons (Fsp3) is 0.182. The molecule has 6 N–H and O–H groups in total. The van der Waals surface area contributed by atoms with Crippen LogP contribution in [0.2, 0.25) is 0 Å². The largest absolute Gasteiger partial charge is 0.366 e. The molecule has 0 fully saturated rings. The summed E-state index contributed by atoms with van der Waals surface area (Å²) in [6.07, 6.45) is 0. The number of primary amides is 1. The van der Waals surface area contributed by atoms with Crippen LogP contribution in [0.25, 0.3) is 0 Å². The molecule has 1 aromatic rings. The van der Waals surface area contributed by atoms with Crippen LogP contribution < -0.4 is 22.1 Å². The van der Waals surface area contributed by atoms with Crippen molar-refractivity contribution in [1.29, 1.82) is 0 Å². The third-order valence-electron chi connectivity index (χ3n) is 2.04. The molecule has 96 valence electrons. The highest BCUT2D eigenvalue weighted by Gasteiger charge is 2.13. The number of anilines is 1. The number of rotatable bonds is 4. The number of hydrogen-bond acceptors (Lipinski definition) is 4. The monoisotopic (exact) mass is 250 g/mol. The van der Waals surface area contributed by atoms with Gasteiger partial charge in [0.1, 0.15) is 0 Å². The molecule has 0 atom stereocenters. The Balaban J connectivity index is 2.67. The number of hydrogen-bond donors (Lipinski definition) is 4. The topological polar surface area (TPSA) is 127 Å². The maximum absolute atomic E-state index is 11.4. The molecule has 0 unspecified atom stereocenters. The Morgan fingerprint density at radius 2 is 1.89 bits per heavy atom. The van der Waals surface area contributed by atoms with Crippen LogP contribution in [0.5, 0.6) is 0 Å². The minimum Gasteiger partial charge on any atom is -0.366 e. The molecule has 0 aliphatic carbocycles. The number of benzene rings is 1. The van der Waals surface area contributed by atoms with Gasteiger partial charge >= 0.3 is 11.8 Å². The van der Waals surface area contributed by atoms with E-state index in [9.17, 15) is 14.4 Å². The van der Waals surface area contributed by atoms with Crippen LogP contribution in [0.1, 0.15) is 10.4 Å². The molecule has 7 nitrogen and oxygen atoms in total. The lowest BCUT2D eigenvalue weighted by atomic mass is 10.2. The summed E-state index contributed by atoms with van der Waals surface area (Å²) in [7, 11) is 0. The normalized spacial score (nSPS) is 9.61. The summed E-state index contributed by atoms with van der Waals surface area (Å²) in [5.41, 5.74) is 10.8. The van der Waals surface area contributed by atoms with E-state index in [4.69, 9.17) is 11.5 Å². The van der Waals surface area contributed by atoms with Gasteiger partial charge in [-0.1, -0.05) is 6.07 Å². The Kier molecular flexibility index (Phi) is 4.82. The summed E-state index contributed by atoms with van der Waals surface area (Å²) in [6, 6.07) is 5.98. The quantitative estimate of drug-likeness (QED) is 0.500. The fourth-order valence-corrected chi connectivity index (χ4v) is 1.20. The first-order valence-electron chi connectivity index (χ1n) is 5.23. The molecule has 18 heavy (non-hydrogen) atoms. The van der Waals surface area contributed by atoms with Crippen LogP contribution in [-0.2, 0) is 9.59 Å². The molecule has 0 saturated heterocycles. The second-order valence-corrected chi connectivity index (χ2v) is 3.44. The number of amides is 3. The Bertz CT molecular complexity index is 473. The fourth-order valence-electron chi connectivity index (χ4n) is 1.20. The summed E-state index contributed by atoms with van der Waals surface area (Å²) in [5.74, 6) is -2.23. The van der Waals surface area contributed by atoms with Crippen LogP contribution in [0.4, 0.5) is 5.69 Å². The third-order valence-corrected chi connectivity index (χ3v) is 2.04. The van der Waals surface area contributed by atoms with E-state index in [2.05, 4.69) is 10.6 Å². The third kappa shape index (κ3) is 3.87. The van der Waals surface area contributed by atoms with Crippen molar-refractivity contribution in [2.45, 2.75) is 0 Å². The molecule has 0 radical (unpaired) electrons. The highest BCUT2D eigenvalue weighted by atomic mass is 16.2. The van der Waals surface area contributed by atoms with Crippen molar-refractivity contribution >= 4 is 23.4 Å². The van der Waals surface area contributed by atoms with E-state index in [1.165, 1.54) is 12.1 Å². The predicted molar refractivity (Wildman–Crippen MR) is 65.7 cm³/mol. The molecule has 0 aliphatic heterocycles. The average Bonchev–Trinajstić information content (AvgIpc) is 2.36. The minimum atomic E-state index is -0.829. The second kappa shape index (κ2) is 6.36. The molecule has 0 aliphatic rings. The van der Waals surface area contributed by atoms with Gasteiger partial charge in [0, 0.05) is 24.3 Å². The summed E-state index contributed by atoms with van der Waals surface area (Å²) in [6.45, 7) is 0.462. The van der Waals surface area contributed by atoms with Gasteiger partial charge in [0.15, 0.2) is 0 Å². The van der Waals surface area contributed by atoms with Gasteiger partial charge in [0.2, 0.25) is 5.91 Å². The zero-order valence-corrected chi connectivity index (χ0v) is 9.60. The van der Waals surface area contributed by atoms with Crippen LogP contribution in [-0.4, -0.2) is 30.8 Å². The van der Waals surface area contributed by atoms with Crippen molar-refractivity contribution in [3.63, 3.8) is 0 Å². The molecule has 0 saturated carbocycles. The van der Waals surface area contributed by atoms with Crippen molar-refractivity contribution < 1.29 is 14.4 Å². The van der Waals surface area contributed by atoms with Crippen LogP contribution in [0.3, 0.4) is 0 Å². The molecular formula is C11H14N4O3. The van der Waals surface area contributed by atoms with Gasteiger partial charge in [0.25, 0.3) is 0 Å². The second-order valence-electron chi connectivity index (χ2n) is 3.44. The first kappa shape index (κ1) is 13.7. The SMILES string of the molecule is NCCNC(=O)C(=O)Nc1cccc(C(N)=O)c1. The van der Waals surface area contributed by atoms with Gasteiger partial charge in [-0.25, -0.2) is 0 Å². The highest BCUT2D eigenvalue weighted by molar-refractivity contribution is 6.39. The molecule has 1 aromatic carbocycles. The summed E-state index contributed by atoms with van der Waals surface area (Å²) in [5, 5.41) is 4.67. The molecule has 0 aromatic heterocycles. The molecule has 0 spiro atoms. The first-order valence-corrected chi connectivity index (χ1v) is 5.23. The molecule has 0 heterocycles. The molecule has 7 heteroatoms. The predicted octanol–water partition coefficient (Wildman–Crippen LogP) is -1.20. The van der Waals surface area contributed by atoms with E-state index < -0.39 is 17.7 Å². The van der Waals surface area contributed by atoms with E-state index in [0.717, 1.165) is 0 Å². The standard InChI is InChI=1S/C11H14N4O3/c12-4-5-14-10(17)11(18)15-8-3-1-2-7(6-8)9(13)16/h1-3,6H,4-5,12H2,(H2,13,16)(H,14,17)(H,15,18). The van der Waals surface area contributed by atoms with E-state index in [-0.39, 0.29) is 18.7 Å².